The van der Waals surface area contributed by atoms with Gasteiger partial charge in [0.1, 0.15) is 10.1 Å². The topological polar surface area (TPSA) is 98.7 Å². The summed E-state index contributed by atoms with van der Waals surface area (Å²) in [4.78, 5) is 38.4. The number of amides is 3. The Kier molecular flexibility index (Phi) is 7.58. The maximum absolute atomic E-state index is 12.5. The van der Waals surface area contributed by atoms with Gasteiger partial charge in [-0.3, -0.25) is 30.1 Å². The molecule has 0 bridgehead atoms. The molecule has 0 spiro atoms. The highest BCUT2D eigenvalue weighted by Crippen LogP contribution is 2.31. The van der Waals surface area contributed by atoms with E-state index in [0.717, 1.165) is 5.56 Å². The Labute approximate surface area is 188 Å². The van der Waals surface area contributed by atoms with Gasteiger partial charge in [0.25, 0.3) is 11.8 Å². The number of hydrogen-bond acceptors (Lipinski definition) is 6. The molecule has 0 unspecified atom stereocenters. The average molecular weight is 454 g/mol. The number of nitrogens with one attached hydrogen (secondary N) is 2. The Morgan fingerprint density at radius 3 is 2.61 bits per heavy atom. The predicted molar refractivity (Wildman–Crippen MR) is 124 cm³/mol. The second kappa shape index (κ2) is 10.6. The molecule has 1 aliphatic rings. The lowest BCUT2D eigenvalue weighted by molar-refractivity contribution is -0.124. The van der Waals surface area contributed by atoms with Crippen molar-refractivity contribution in [3.8, 4) is 5.75 Å². The number of benzene rings is 2. The van der Waals surface area contributed by atoms with Crippen molar-refractivity contribution < 1.29 is 19.5 Å². The van der Waals surface area contributed by atoms with Crippen LogP contribution >= 0.6 is 24.0 Å². The Bertz CT molecular complexity index is 1070. The van der Waals surface area contributed by atoms with E-state index in [2.05, 4.69) is 10.9 Å². The minimum Gasteiger partial charge on any atom is -0.508 e. The molecule has 1 aliphatic heterocycles. The third-order valence-corrected chi connectivity index (χ3v) is 5.59. The molecular formula is C22H19N3O4S2. The fraction of sp³-hybridized carbons (Fsp3) is 0.0909. The minimum atomic E-state index is -0.567. The van der Waals surface area contributed by atoms with Crippen molar-refractivity contribution in [3.05, 3.63) is 82.8 Å². The summed E-state index contributed by atoms with van der Waals surface area (Å²) in [5.41, 5.74) is 5.76. The van der Waals surface area contributed by atoms with Crippen LogP contribution in [0.15, 0.2) is 71.7 Å². The molecule has 1 fully saturated rings. The summed E-state index contributed by atoms with van der Waals surface area (Å²) in [6.45, 7) is 0.0955. The summed E-state index contributed by atoms with van der Waals surface area (Å²) in [7, 11) is 0. The van der Waals surface area contributed by atoms with Crippen LogP contribution in [0.1, 0.15) is 22.3 Å². The van der Waals surface area contributed by atoms with E-state index < -0.39 is 11.8 Å². The summed E-state index contributed by atoms with van der Waals surface area (Å²) < 4.78 is 0.376. The van der Waals surface area contributed by atoms with Crippen molar-refractivity contribution in [2.75, 3.05) is 6.54 Å². The van der Waals surface area contributed by atoms with E-state index in [9.17, 15) is 19.5 Å². The molecule has 158 valence electrons. The second-order valence-corrected chi connectivity index (χ2v) is 8.10. The van der Waals surface area contributed by atoms with E-state index in [1.54, 1.807) is 12.2 Å². The summed E-state index contributed by atoms with van der Waals surface area (Å²) in [5.74, 6) is -1.36. The van der Waals surface area contributed by atoms with Gasteiger partial charge in [-0.1, -0.05) is 72.5 Å². The monoisotopic (exact) mass is 453 g/mol. The van der Waals surface area contributed by atoms with Crippen LogP contribution in [-0.2, 0) is 9.59 Å². The highest BCUT2D eigenvalue weighted by molar-refractivity contribution is 8.26. The third kappa shape index (κ3) is 6.27. The molecule has 3 rings (SSSR count). The van der Waals surface area contributed by atoms with Crippen LogP contribution in [-0.4, -0.2) is 38.6 Å². The van der Waals surface area contributed by atoms with E-state index in [1.807, 2.05) is 36.4 Å². The summed E-state index contributed by atoms with van der Waals surface area (Å²) in [5, 5.41) is 9.40. The molecule has 31 heavy (non-hydrogen) atoms. The highest BCUT2D eigenvalue weighted by Gasteiger charge is 2.31. The van der Waals surface area contributed by atoms with Gasteiger partial charge in [0.2, 0.25) is 5.91 Å². The van der Waals surface area contributed by atoms with Crippen LogP contribution in [0.4, 0.5) is 0 Å². The zero-order chi connectivity index (χ0) is 22.2. The maximum atomic E-state index is 12.5. The van der Waals surface area contributed by atoms with Crippen molar-refractivity contribution in [3.63, 3.8) is 0 Å². The van der Waals surface area contributed by atoms with Crippen LogP contribution < -0.4 is 10.9 Å². The standard InChI is InChI=1S/C22H19N3O4S2/c26-17-10-5-9-16(14-17)20(28)24-23-19(27)12-13-25-21(29)18(31-22(25)30)11-4-8-15-6-2-1-3-7-15/h1-11,14,26H,12-13H2,(H,23,27)(H,24,28). The molecule has 0 saturated carbocycles. The first kappa shape index (κ1) is 22.3. The fourth-order valence-electron chi connectivity index (χ4n) is 2.64. The van der Waals surface area contributed by atoms with Crippen LogP contribution in [0.5, 0.6) is 5.75 Å². The van der Waals surface area contributed by atoms with Crippen LogP contribution in [0, 0.1) is 0 Å². The Morgan fingerprint density at radius 2 is 1.87 bits per heavy atom. The first-order chi connectivity index (χ1) is 14.9. The number of carbonyl (C=O) groups is 3. The third-order valence-electron chi connectivity index (χ3n) is 4.20. The van der Waals surface area contributed by atoms with E-state index >= 15 is 0 Å². The van der Waals surface area contributed by atoms with Gasteiger partial charge in [-0.15, -0.1) is 0 Å². The average Bonchev–Trinajstić information content (AvgIpc) is 3.04. The lowest BCUT2D eigenvalue weighted by Crippen LogP contribution is -2.43. The maximum Gasteiger partial charge on any atom is 0.269 e. The zero-order valence-corrected chi connectivity index (χ0v) is 17.9. The Balaban J connectivity index is 1.48. The lowest BCUT2D eigenvalue weighted by atomic mass is 10.2. The van der Waals surface area contributed by atoms with Gasteiger partial charge in [0.15, 0.2) is 0 Å². The van der Waals surface area contributed by atoms with Gasteiger partial charge >= 0.3 is 0 Å². The van der Waals surface area contributed by atoms with E-state index in [4.69, 9.17) is 12.2 Å². The quantitative estimate of drug-likeness (QED) is 0.353. The van der Waals surface area contributed by atoms with Gasteiger partial charge < -0.3 is 5.11 Å². The smallest absolute Gasteiger partial charge is 0.269 e. The van der Waals surface area contributed by atoms with Gasteiger partial charge in [-0.25, -0.2) is 0 Å². The van der Waals surface area contributed by atoms with Gasteiger partial charge in [0.05, 0.1) is 4.91 Å². The molecule has 0 atom stereocenters. The molecule has 3 amide bonds. The molecule has 9 heteroatoms. The molecule has 1 saturated heterocycles. The number of thioether (sulfide) groups is 1. The number of hydrogen-bond donors (Lipinski definition) is 3. The predicted octanol–water partition coefficient (Wildman–Crippen LogP) is 3.00. The number of hydrazine groups is 1. The number of phenolic OH excluding ortho intramolecular Hbond substituents is 1. The number of aromatic hydroxyl groups is 1. The van der Waals surface area contributed by atoms with Crippen LogP contribution in [0.25, 0.3) is 6.08 Å². The van der Waals surface area contributed by atoms with Crippen LogP contribution in [0.2, 0.25) is 0 Å². The molecule has 0 aliphatic carbocycles. The molecule has 7 nitrogen and oxygen atoms in total. The van der Waals surface area contributed by atoms with Crippen molar-refractivity contribution in [1.82, 2.24) is 15.8 Å². The zero-order valence-electron chi connectivity index (χ0n) is 16.3. The van der Waals surface area contributed by atoms with E-state index in [0.29, 0.717) is 9.23 Å². The summed E-state index contributed by atoms with van der Waals surface area (Å²) >= 11 is 6.43. The fourth-order valence-corrected chi connectivity index (χ4v) is 3.90. The normalized spacial score (nSPS) is 15.0. The SMILES string of the molecule is O=C(CCN1C(=O)C(=CC=Cc2ccccc2)SC1=S)NNC(=O)c1cccc(O)c1. The number of allylic oxidation sites excluding steroid dienone is 2. The molecular weight excluding hydrogens is 434 g/mol. The van der Waals surface area contributed by atoms with Gasteiger partial charge in [-0.2, -0.15) is 0 Å². The number of carbonyl (C=O) groups excluding carboxylic acids is 3. The highest BCUT2D eigenvalue weighted by atomic mass is 32.2. The van der Waals surface area contributed by atoms with E-state index in [-0.39, 0.29) is 30.2 Å². The first-order valence-electron chi connectivity index (χ1n) is 9.29. The number of thiocarbonyl (C=S) groups is 1. The van der Waals surface area contributed by atoms with Gasteiger partial charge in [-0.05, 0) is 29.8 Å². The van der Waals surface area contributed by atoms with Crippen molar-refractivity contribution >= 4 is 52.1 Å². The van der Waals surface area contributed by atoms with Crippen LogP contribution in [0.3, 0.4) is 0 Å². The molecule has 3 N–H and O–H groups in total. The number of phenols is 1. The number of nitrogens with zero attached hydrogens (tertiary/aromatic N) is 1. The van der Waals surface area contributed by atoms with E-state index in [1.165, 1.54) is 40.9 Å². The molecule has 0 aromatic heterocycles. The molecule has 2 aromatic rings. The van der Waals surface area contributed by atoms with Crippen molar-refractivity contribution in [1.29, 1.82) is 0 Å². The second-order valence-electron chi connectivity index (χ2n) is 6.43. The molecule has 1 heterocycles. The van der Waals surface area contributed by atoms with Crippen molar-refractivity contribution in [2.45, 2.75) is 6.42 Å². The molecule has 2 aromatic carbocycles. The minimum absolute atomic E-state index is 0.0418. The first-order valence-corrected chi connectivity index (χ1v) is 10.5. The Hall–Kier alpha value is -3.43. The largest absolute Gasteiger partial charge is 0.508 e. The molecule has 0 radical (unpaired) electrons. The summed E-state index contributed by atoms with van der Waals surface area (Å²) in [6, 6.07) is 15.4. The van der Waals surface area contributed by atoms with Crippen molar-refractivity contribution in [2.24, 2.45) is 0 Å². The van der Waals surface area contributed by atoms with Gasteiger partial charge in [0, 0.05) is 18.5 Å². The Morgan fingerprint density at radius 1 is 1.10 bits per heavy atom. The summed E-state index contributed by atoms with van der Waals surface area (Å²) in [6.07, 6.45) is 5.32. The lowest BCUT2D eigenvalue weighted by Gasteiger charge is -2.14. The number of rotatable bonds is 6.